The molecular formula is C21H26FN3O3S. The van der Waals surface area contributed by atoms with Crippen LogP contribution < -0.4 is 5.32 Å². The van der Waals surface area contributed by atoms with E-state index in [0.717, 1.165) is 13.1 Å². The van der Waals surface area contributed by atoms with E-state index in [-0.39, 0.29) is 36.1 Å². The van der Waals surface area contributed by atoms with E-state index in [9.17, 15) is 17.6 Å². The highest BCUT2D eigenvalue weighted by Gasteiger charge is 2.27. The van der Waals surface area contributed by atoms with Crippen molar-refractivity contribution in [1.29, 1.82) is 0 Å². The van der Waals surface area contributed by atoms with Crippen LogP contribution in [-0.4, -0.2) is 56.3 Å². The van der Waals surface area contributed by atoms with Gasteiger partial charge in [-0.25, -0.2) is 12.8 Å². The average Bonchev–Trinajstić information content (AvgIpc) is 2.73. The minimum absolute atomic E-state index is 0.0596. The first-order valence-electron chi connectivity index (χ1n) is 9.66. The van der Waals surface area contributed by atoms with Crippen molar-refractivity contribution in [3.05, 3.63) is 65.5 Å². The second-order valence-electron chi connectivity index (χ2n) is 7.11. The van der Waals surface area contributed by atoms with E-state index in [1.54, 1.807) is 48.2 Å². The van der Waals surface area contributed by atoms with Crippen LogP contribution in [0.3, 0.4) is 0 Å². The molecule has 29 heavy (non-hydrogen) atoms. The van der Waals surface area contributed by atoms with Gasteiger partial charge in [-0.1, -0.05) is 30.3 Å². The number of nitrogens with zero attached hydrogens (tertiary/aromatic N) is 2. The third-order valence-electron chi connectivity index (χ3n) is 5.03. The summed E-state index contributed by atoms with van der Waals surface area (Å²) in [6.07, 6.45) is 0.103. The first-order valence-corrected chi connectivity index (χ1v) is 11.1. The third kappa shape index (κ3) is 5.41. The van der Waals surface area contributed by atoms with E-state index in [1.165, 1.54) is 16.4 Å². The number of hydrogen-bond acceptors (Lipinski definition) is 4. The molecule has 1 aliphatic heterocycles. The van der Waals surface area contributed by atoms with Gasteiger partial charge in [0.05, 0.1) is 4.90 Å². The highest BCUT2D eigenvalue weighted by Crippen LogP contribution is 2.22. The molecule has 6 nitrogen and oxygen atoms in total. The number of benzene rings is 2. The first kappa shape index (κ1) is 21.4. The lowest BCUT2D eigenvalue weighted by Crippen LogP contribution is -2.47. The minimum Gasteiger partial charge on any atom is -0.340 e. The molecule has 8 heteroatoms. The predicted molar refractivity (Wildman–Crippen MR) is 109 cm³/mol. The molecule has 0 spiro atoms. The van der Waals surface area contributed by atoms with Gasteiger partial charge in [-0.2, -0.15) is 4.31 Å². The van der Waals surface area contributed by atoms with Crippen LogP contribution in [0.5, 0.6) is 0 Å². The second-order valence-corrected chi connectivity index (χ2v) is 9.02. The summed E-state index contributed by atoms with van der Waals surface area (Å²) < 4.78 is 41.2. The highest BCUT2D eigenvalue weighted by atomic mass is 32.2. The predicted octanol–water partition coefficient (Wildman–Crippen LogP) is 2.15. The molecule has 1 fully saturated rings. The van der Waals surface area contributed by atoms with E-state index in [4.69, 9.17) is 0 Å². The van der Waals surface area contributed by atoms with E-state index in [1.807, 2.05) is 0 Å². The number of carbonyl (C=O) groups excluding carboxylic acids is 1. The van der Waals surface area contributed by atoms with E-state index in [2.05, 4.69) is 5.32 Å². The molecule has 0 aromatic heterocycles. The van der Waals surface area contributed by atoms with Crippen molar-refractivity contribution < 1.29 is 17.6 Å². The molecule has 1 saturated heterocycles. The van der Waals surface area contributed by atoms with Crippen LogP contribution in [0.25, 0.3) is 0 Å². The Kier molecular flexibility index (Phi) is 7.00. The Bertz CT molecular complexity index is 942. The van der Waals surface area contributed by atoms with Gasteiger partial charge in [0.15, 0.2) is 0 Å². The van der Waals surface area contributed by atoms with Crippen molar-refractivity contribution >= 4 is 15.9 Å². The molecule has 2 aromatic rings. The zero-order chi connectivity index (χ0) is 20.9. The van der Waals surface area contributed by atoms with Crippen LogP contribution in [0.15, 0.2) is 53.4 Å². The van der Waals surface area contributed by atoms with E-state index < -0.39 is 10.0 Å². The summed E-state index contributed by atoms with van der Waals surface area (Å²) in [7, 11) is -3.81. The minimum atomic E-state index is -3.81. The number of sulfonamides is 1. The molecular weight excluding hydrogens is 393 g/mol. The number of piperazine rings is 1. The highest BCUT2D eigenvalue weighted by molar-refractivity contribution is 7.89. The number of hydrogen-bond donors (Lipinski definition) is 1. The maximum atomic E-state index is 13.3. The lowest BCUT2D eigenvalue weighted by molar-refractivity contribution is -0.131. The molecule has 156 valence electrons. The van der Waals surface area contributed by atoms with Crippen LogP contribution in [0.4, 0.5) is 4.39 Å². The fourth-order valence-corrected chi connectivity index (χ4v) is 5.01. The van der Waals surface area contributed by atoms with Gasteiger partial charge in [-0.3, -0.25) is 4.79 Å². The quantitative estimate of drug-likeness (QED) is 0.747. The summed E-state index contributed by atoms with van der Waals surface area (Å²) in [4.78, 5) is 14.5. The molecule has 0 radical (unpaired) electrons. The fourth-order valence-electron chi connectivity index (χ4n) is 3.36. The largest absolute Gasteiger partial charge is 0.340 e. The number of carbonyl (C=O) groups is 1. The Morgan fingerprint density at radius 1 is 1.10 bits per heavy atom. The first-order chi connectivity index (χ1) is 13.9. The van der Waals surface area contributed by atoms with Gasteiger partial charge in [0.2, 0.25) is 15.9 Å². The van der Waals surface area contributed by atoms with Gasteiger partial charge in [0.1, 0.15) is 5.82 Å². The molecule has 1 aliphatic rings. The van der Waals surface area contributed by atoms with Gasteiger partial charge in [0.25, 0.3) is 0 Å². The molecule has 1 heterocycles. The molecule has 3 rings (SSSR count). The van der Waals surface area contributed by atoms with Gasteiger partial charge in [-0.05, 0) is 36.2 Å². The Labute approximate surface area is 171 Å². The maximum Gasteiger partial charge on any atom is 0.243 e. The van der Waals surface area contributed by atoms with E-state index >= 15 is 0 Å². The molecule has 1 N–H and O–H groups in total. The number of rotatable bonds is 7. The van der Waals surface area contributed by atoms with E-state index in [0.29, 0.717) is 24.2 Å². The zero-order valence-corrected chi connectivity index (χ0v) is 17.3. The van der Waals surface area contributed by atoms with Gasteiger partial charge in [0, 0.05) is 45.7 Å². The average molecular weight is 420 g/mol. The summed E-state index contributed by atoms with van der Waals surface area (Å²) in [5, 5.41) is 3.19. The lowest BCUT2D eigenvalue weighted by atomic mass is 10.2. The summed E-state index contributed by atoms with van der Waals surface area (Å²) in [6, 6.07) is 12.5. The van der Waals surface area contributed by atoms with Gasteiger partial charge < -0.3 is 10.2 Å². The normalized spacial score (nSPS) is 14.9. The van der Waals surface area contributed by atoms with Gasteiger partial charge in [-0.15, -0.1) is 0 Å². The fraction of sp³-hybridized carbons (Fsp3) is 0.381. The molecule has 0 atom stereocenters. The third-order valence-corrected chi connectivity index (χ3v) is 7.03. The van der Waals surface area contributed by atoms with Crippen molar-refractivity contribution in [1.82, 2.24) is 14.5 Å². The van der Waals surface area contributed by atoms with Crippen molar-refractivity contribution in [2.75, 3.05) is 32.7 Å². The Morgan fingerprint density at radius 2 is 1.76 bits per heavy atom. The number of nitrogens with one attached hydrogen (secondary N) is 1. The summed E-state index contributed by atoms with van der Waals surface area (Å²) in [5.74, 6) is -0.438. The van der Waals surface area contributed by atoms with Crippen LogP contribution in [0.1, 0.15) is 17.5 Å². The number of aryl methyl sites for hydroxylation is 1. The summed E-state index contributed by atoms with van der Waals surface area (Å²) in [6.45, 7) is 4.62. The van der Waals surface area contributed by atoms with Crippen LogP contribution in [0, 0.1) is 12.7 Å². The number of amides is 1. The van der Waals surface area contributed by atoms with Gasteiger partial charge >= 0.3 is 0 Å². The molecule has 0 aliphatic carbocycles. The van der Waals surface area contributed by atoms with Crippen molar-refractivity contribution in [3.8, 4) is 0 Å². The SMILES string of the molecule is Cc1ccccc1S(=O)(=O)N(CCC(=O)N1CCNCC1)Cc1ccc(F)cc1. The molecule has 0 unspecified atom stereocenters. The van der Waals surface area contributed by atoms with Crippen molar-refractivity contribution in [2.24, 2.45) is 0 Å². The summed E-state index contributed by atoms with van der Waals surface area (Å²) in [5.41, 5.74) is 1.31. The Balaban J connectivity index is 1.81. The topological polar surface area (TPSA) is 69.7 Å². The van der Waals surface area contributed by atoms with Crippen LogP contribution >= 0.6 is 0 Å². The van der Waals surface area contributed by atoms with Crippen molar-refractivity contribution in [3.63, 3.8) is 0 Å². The van der Waals surface area contributed by atoms with Crippen LogP contribution in [-0.2, 0) is 21.4 Å². The summed E-state index contributed by atoms with van der Waals surface area (Å²) >= 11 is 0. The monoisotopic (exact) mass is 419 g/mol. The molecule has 0 saturated carbocycles. The maximum absolute atomic E-state index is 13.3. The zero-order valence-electron chi connectivity index (χ0n) is 16.5. The lowest BCUT2D eigenvalue weighted by Gasteiger charge is -2.29. The molecule has 0 bridgehead atoms. The standard InChI is InChI=1S/C21H26FN3O3S/c1-17-4-2-3-5-20(17)29(27,28)25(16-18-6-8-19(22)9-7-18)13-10-21(26)24-14-11-23-12-15-24/h2-9,23H,10-16H2,1H3. The second kappa shape index (κ2) is 9.47. The smallest absolute Gasteiger partial charge is 0.243 e. The Morgan fingerprint density at radius 3 is 2.41 bits per heavy atom. The molecule has 1 amide bonds. The molecule has 2 aromatic carbocycles. The number of halogens is 1. The van der Waals surface area contributed by atoms with Crippen LogP contribution in [0.2, 0.25) is 0 Å². The Hall–Kier alpha value is -2.29. The van der Waals surface area contributed by atoms with Crippen molar-refractivity contribution in [2.45, 2.75) is 24.8 Å².